The van der Waals surface area contributed by atoms with Crippen molar-refractivity contribution in [3.8, 4) is 28.7 Å². The van der Waals surface area contributed by atoms with Gasteiger partial charge in [-0.3, -0.25) is 4.90 Å². The number of ether oxygens (including phenoxy) is 6. The Morgan fingerprint density at radius 2 is 1.25 bits per heavy atom. The second kappa shape index (κ2) is 14.5. The zero-order chi connectivity index (χ0) is 31.9. The van der Waals surface area contributed by atoms with Gasteiger partial charge in [0.1, 0.15) is 33.6 Å². The van der Waals surface area contributed by atoms with Crippen LogP contribution in [0, 0.1) is 0 Å². The molecule has 11 heteroatoms. The number of morpholine rings is 1. The third-order valence-corrected chi connectivity index (χ3v) is 9.78. The van der Waals surface area contributed by atoms with Gasteiger partial charge in [-0.25, -0.2) is 8.42 Å². The van der Waals surface area contributed by atoms with E-state index in [4.69, 9.17) is 28.4 Å². The van der Waals surface area contributed by atoms with Crippen molar-refractivity contribution in [3.63, 3.8) is 0 Å². The predicted octanol–water partition coefficient (Wildman–Crippen LogP) is 4.73. The summed E-state index contributed by atoms with van der Waals surface area (Å²) in [5.74, 6) is 2.50. The molecule has 0 unspecified atom stereocenters. The quantitative estimate of drug-likeness (QED) is 0.251. The summed E-state index contributed by atoms with van der Waals surface area (Å²) in [4.78, 5) is 2.44. The van der Waals surface area contributed by atoms with Gasteiger partial charge in [-0.05, 0) is 29.8 Å². The van der Waals surface area contributed by atoms with Crippen molar-refractivity contribution >= 4 is 10.0 Å². The van der Waals surface area contributed by atoms with E-state index < -0.39 is 10.0 Å². The van der Waals surface area contributed by atoms with Crippen LogP contribution in [-0.2, 0) is 33.3 Å². The molecule has 0 radical (unpaired) electrons. The first-order valence-electron chi connectivity index (χ1n) is 14.5. The molecule has 0 saturated carbocycles. The van der Waals surface area contributed by atoms with Gasteiger partial charge in [-0.1, -0.05) is 32.0 Å². The van der Waals surface area contributed by atoms with Crippen LogP contribution in [0.15, 0.2) is 59.5 Å². The Hall–Kier alpha value is -3.51. The first-order valence-corrected chi connectivity index (χ1v) is 15.9. The van der Waals surface area contributed by atoms with Crippen molar-refractivity contribution in [3.05, 3.63) is 71.3 Å². The molecule has 3 aromatic carbocycles. The maximum absolute atomic E-state index is 14.7. The van der Waals surface area contributed by atoms with Crippen molar-refractivity contribution in [2.24, 2.45) is 0 Å². The van der Waals surface area contributed by atoms with Crippen molar-refractivity contribution in [1.29, 1.82) is 0 Å². The number of nitrogens with zero attached hydrogens (tertiary/aromatic N) is 2. The van der Waals surface area contributed by atoms with E-state index >= 15 is 0 Å². The van der Waals surface area contributed by atoms with Gasteiger partial charge in [-0.2, -0.15) is 4.31 Å². The minimum absolute atomic E-state index is 0.0231. The van der Waals surface area contributed by atoms with Crippen LogP contribution in [0.1, 0.15) is 30.5 Å². The average molecular weight is 629 g/mol. The molecule has 4 rings (SSSR count). The van der Waals surface area contributed by atoms with E-state index in [0.717, 1.165) is 25.2 Å². The van der Waals surface area contributed by atoms with Crippen LogP contribution >= 0.6 is 0 Å². The predicted molar refractivity (Wildman–Crippen MR) is 169 cm³/mol. The normalized spacial score (nSPS) is 14.4. The first kappa shape index (κ1) is 33.4. The summed E-state index contributed by atoms with van der Waals surface area (Å²) >= 11 is 0. The van der Waals surface area contributed by atoms with E-state index in [-0.39, 0.29) is 29.1 Å². The van der Waals surface area contributed by atoms with Crippen molar-refractivity contribution in [2.75, 3.05) is 68.4 Å². The summed E-state index contributed by atoms with van der Waals surface area (Å²) in [7, 11) is 3.58. The fraction of sp³-hybridized carbons (Fsp3) is 0.455. The monoisotopic (exact) mass is 628 g/mol. The van der Waals surface area contributed by atoms with E-state index in [1.807, 2.05) is 18.2 Å². The highest BCUT2D eigenvalue weighted by molar-refractivity contribution is 7.89. The number of hydrogen-bond donors (Lipinski definition) is 0. The van der Waals surface area contributed by atoms with Gasteiger partial charge in [0.05, 0.1) is 48.8 Å². The molecular weight excluding hydrogens is 584 g/mol. The van der Waals surface area contributed by atoms with E-state index in [1.165, 1.54) is 11.4 Å². The highest BCUT2D eigenvalue weighted by Gasteiger charge is 2.33. The van der Waals surface area contributed by atoms with Crippen LogP contribution in [0.5, 0.6) is 28.7 Å². The summed E-state index contributed by atoms with van der Waals surface area (Å²) in [5, 5.41) is 0. The molecule has 1 aliphatic heterocycles. The third kappa shape index (κ3) is 7.58. The Bertz CT molecular complexity index is 1460. The summed E-state index contributed by atoms with van der Waals surface area (Å²) in [6.07, 6.45) is 0. The summed E-state index contributed by atoms with van der Waals surface area (Å²) in [5.41, 5.74) is 1.91. The minimum atomic E-state index is -4.14. The fourth-order valence-corrected chi connectivity index (χ4v) is 7.00. The lowest BCUT2D eigenvalue weighted by atomic mass is 9.84. The van der Waals surface area contributed by atoms with Crippen LogP contribution in [0.2, 0.25) is 0 Å². The van der Waals surface area contributed by atoms with Gasteiger partial charge in [-0.15, -0.1) is 0 Å². The molecular formula is C33H44N2O8S. The second-order valence-corrected chi connectivity index (χ2v) is 13.2. The molecule has 1 fully saturated rings. The molecule has 0 N–H and O–H groups in total. The second-order valence-electron chi connectivity index (χ2n) is 11.3. The Morgan fingerprint density at radius 3 is 1.73 bits per heavy atom. The topological polar surface area (TPSA) is 96.0 Å². The Morgan fingerprint density at radius 1 is 0.727 bits per heavy atom. The van der Waals surface area contributed by atoms with Crippen LogP contribution < -0.4 is 23.7 Å². The zero-order valence-electron chi connectivity index (χ0n) is 26.7. The molecule has 44 heavy (non-hydrogen) atoms. The Balaban J connectivity index is 1.80. The van der Waals surface area contributed by atoms with E-state index in [2.05, 4.69) is 18.7 Å². The standard InChI is InChI=1S/C33H44N2O8S/c1-33(2,23-34-14-16-43-17-15-34)26-10-13-29(40-5)32(18-26)44(36,37)35(21-24-8-11-27(38-3)19-30(24)41-6)22-25-9-12-28(39-4)20-31(25)42-7/h8-13,18-20H,14-17,21-23H2,1-7H3. The SMILES string of the molecule is COc1ccc(CN(Cc2ccc(OC)cc2OC)S(=O)(=O)c2cc(C(C)(C)CN3CCOCC3)ccc2OC)c(OC)c1. The fourth-order valence-electron chi connectivity index (χ4n) is 5.42. The van der Waals surface area contributed by atoms with Crippen LogP contribution in [0.25, 0.3) is 0 Å². The smallest absolute Gasteiger partial charge is 0.247 e. The Labute approximate surface area is 261 Å². The molecule has 1 saturated heterocycles. The van der Waals surface area contributed by atoms with Gasteiger partial charge < -0.3 is 28.4 Å². The van der Waals surface area contributed by atoms with Crippen LogP contribution in [0.4, 0.5) is 0 Å². The molecule has 0 aliphatic carbocycles. The highest BCUT2D eigenvalue weighted by atomic mass is 32.2. The molecule has 0 spiro atoms. The highest BCUT2D eigenvalue weighted by Crippen LogP contribution is 2.37. The summed E-state index contributed by atoms with van der Waals surface area (Å²) in [6, 6.07) is 16.1. The van der Waals surface area contributed by atoms with Gasteiger partial charge in [0.2, 0.25) is 10.0 Å². The maximum Gasteiger partial charge on any atom is 0.247 e. The van der Waals surface area contributed by atoms with Crippen molar-refractivity contribution in [1.82, 2.24) is 9.21 Å². The molecule has 1 aliphatic rings. The maximum atomic E-state index is 14.7. The zero-order valence-corrected chi connectivity index (χ0v) is 27.5. The number of sulfonamides is 1. The largest absolute Gasteiger partial charge is 0.497 e. The average Bonchev–Trinajstić information content (AvgIpc) is 3.04. The van der Waals surface area contributed by atoms with Crippen LogP contribution in [-0.4, -0.2) is 86.0 Å². The molecule has 0 bridgehead atoms. The molecule has 0 atom stereocenters. The van der Waals surface area contributed by atoms with Gasteiger partial charge >= 0.3 is 0 Å². The number of methoxy groups -OCH3 is 5. The summed E-state index contributed by atoms with van der Waals surface area (Å²) in [6.45, 7) is 8.12. The van der Waals surface area contributed by atoms with Crippen molar-refractivity contribution < 1.29 is 36.8 Å². The van der Waals surface area contributed by atoms with E-state index in [1.54, 1.807) is 64.8 Å². The third-order valence-electron chi connectivity index (χ3n) is 7.97. The van der Waals surface area contributed by atoms with Crippen LogP contribution in [0.3, 0.4) is 0 Å². The van der Waals surface area contributed by atoms with E-state index in [9.17, 15) is 8.42 Å². The molecule has 240 valence electrons. The molecule has 10 nitrogen and oxygen atoms in total. The van der Waals surface area contributed by atoms with Crippen molar-refractivity contribution in [2.45, 2.75) is 37.2 Å². The summed E-state index contributed by atoms with van der Waals surface area (Å²) < 4.78 is 64.0. The number of hydrogen-bond acceptors (Lipinski definition) is 9. The lowest BCUT2D eigenvalue weighted by molar-refractivity contribution is 0.0295. The van der Waals surface area contributed by atoms with E-state index in [0.29, 0.717) is 47.3 Å². The molecule has 1 heterocycles. The lowest BCUT2D eigenvalue weighted by Crippen LogP contribution is -2.43. The van der Waals surface area contributed by atoms with Gasteiger partial charge in [0, 0.05) is 61.4 Å². The molecule has 0 aromatic heterocycles. The Kier molecular flexibility index (Phi) is 11.0. The number of rotatable bonds is 14. The lowest BCUT2D eigenvalue weighted by Gasteiger charge is -2.35. The molecule has 0 amide bonds. The molecule has 3 aromatic rings. The first-order chi connectivity index (χ1) is 21.1. The minimum Gasteiger partial charge on any atom is -0.497 e. The number of benzene rings is 3. The van der Waals surface area contributed by atoms with Gasteiger partial charge in [0.25, 0.3) is 0 Å². The van der Waals surface area contributed by atoms with Gasteiger partial charge in [0.15, 0.2) is 0 Å².